The third kappa shape index (κ3) is 3.55. The summed E-state index contributed by atoms with van der Waals surface area (Å²) in [4.78, 5) is 4.01. The summed E-state index contributed by atoms with van der Waals surface area (Å²) in [6, 6.07) is 1.41. The summed E-state index contributed by atoms with van der Waals surface area (Å²) in [5, 5.41) is 3.25. The van der Waals surface area contributed by atoms with E-state index in [0.717, 1.165) is 12.8 Å². The van der Waals surface area contributed by atoms with Gasteiger partial charge in [-0.15, -0.1) is 11.6 Å². The Morgan fingerprint density at radius 1 is 1.47 bits per heavy atom. The zero-order chi connectivity index (χ0) is 12.3. The van der Waals surface area contributed by atoms with Gasteiger partial charge in [-0.1, -0.05) is 12.8 Å². The lowest BCUT2D eigenvalue weighted by Crippen LogP contribution is -2.27. The summed E-state index contributed by atoms with van der Waals surface area (Å²) in [6.07, 6.45) is 6.18. The number of halogens is 3. The number of hydrogen-bond acceptors (Lipinski definition) is 2. The van der Waals surface area contributed by atoms with Crippen LogP contribution in [0.1, 0.15) is 25.7 Å². The van der Waals surface area contributed by atoms with Crippen LogP contribution in [0.25, 0.3) is 0 Å². The van der Waals surface area contributed by atoms with E-state index >= 15 is 0 Å². The van der Waals surface area contributed by atoms with E-state index in [0.29, 0.717) is 22.8 Å². The lowest BCUT2D eigenvalue weighted by molar-refractivity contribution is 0.380. The summed E-state index contributed by atoms with van der Waals surface area (Å²) in [7, 11) is 0. The Labute approximate surface area is 114 Å². The minimum Gasteiger partial charge on any atom is -0.367 e. The molecule has 17 heavy (non-hydrogen) atoms. The van der Waals surface area contributed by atoms with Crippen LogP contribution < -0.4 is 5.32 Å². The predicted molar refractivity (Wildman–Crippen MR) is 72.0 cm³/mol. The number of nitrogens with zero attached hydrogens (tertiary/aromatic N) is 1. The average Bonchev–Trinajstić information content (AvgIpc) is 2.30. The van der Waals surface area contributed by atoms with E-state index in [4.69, 9.17) is 11.6 Å². The smallest absolute Gasteiger partial charge is 0.166 e. The summed E-state index contributed by atoms with van der Waals surface area (Å²) >= 11 is 9.43. The highest BCUT2D eigenvalue weighted by Gasteiger charge is 2.23. The number of aromatic nitrogens is 1. The highest BCUT2D eigenvalue weighted by atomic mass is 79.9. The van der Waals surface area contributed by atoms with Crippen LogP contribution in [-0.4, -0.2) is 16.9 Å². The number of nitrogens with one attached hydrogen (secondary N) is 1. The molecule has 1 aliphatic rings. The molecule has 1 saturated carbocycles. The molecule has 94 valence electrons. The molecule has 2 nitrogen and oxygen atoms in total. The van der Waals surface area contributed by atoms with Crippen LogP contribution in [0.5, 0.6) is 0 Å². The molecule has 0 radical (unpaired) electrons. The lowest BCUT2D eigenvalue weighted by atomic mass is 9.89. The minimum atomic E-state index is -0.332. The topological polar surface area (TPSA) is 24.9 Å². The van der Waals surface area contributed by atoms with Gasteiger partial charge in [0.25, 0.3) is 0 Å². The molecule has 2 rings (SSSR count). The van der Waals surface area contributed by atoms with Crippen molar-refractivity contribution >= 4 is 33.3 Å². The van der Waals surface area contributed by atoms with Crippen LogP contribution in [0, 0.1) is 11.7 Å². The van der Waals surface area contributed by atoms with Crippen LogP contribution in [-0.2, 0) is 0 Å². The molecule has 1 aromatic heterocycles. The number of alkyl halides is 1. The Kier molecular flexibility index (Phi) is 4.62. The second-order valence-electron chi connectivity index (χ2n) is 4.43. The molecule has 5 heteroatoms. The van der Waals surface area contributed by atoms with E-state index in [-0.39, 0.29) is 11.2 Å². The highest BCUT2D eigenvalue weighted by molar-refractivity contribution is 9.10. The van der Waals surface area contributed by atoms with E-state index in [9.17, 15) is 4.39 Å². The van der Waals surface area contributed by atoms with Gasteiger partial charge in [-0.2, -0.15) is 0 Å². The molecule has 1 heterocycles. The first-order valence-electron chi connectivity index (χ1n) is 5.86. The number of pyridine rings is 1. The number of anilines is 1. The van der Waals surface area contributed by atoms with Gasteiger partial charge < -0.3 is 5.32 Å². The van der Waals surface area contributed by atoms with Crippen LogP contribution in [0.4, 0.5) is 10.2 Å². The van der Waals surface area contributed by atoms with Gasteiger partial charge in [0, 0.05) is 22.6 Å². The molecule has 1 aliphatic carbocycles. The van der Waals surface area contributed by atoms with Crippen molar-refractivity contribution in [3.05, 3.63) is 22.6 Å². The molecule has 0 aliphatic heterocycles. The van der Waals surface area contributed by atoms with Gasteiger partial charge in [0.15, 0.2) is 11.6 Å². The van der Waals surface area contributed by atoms with Crippen molar-refractivity contribution in [2.24, 2.45) is 5.92 Å². The van der Waals surface area contributed by atoms with Gasteiger partial charge in [-0.25, -0.2) is 9.37 Å². The van der Waals surface area contributed by atoms with Crippen LogP contribution in [0.2, 0.25) is 0 Å². The molecule has 1 N–H and O–H groups in total. The third-order valence-corrected chi connectivity index (χ3v) is 4.16. The van der Waals surface area contributed by atoms with Crippen LogP contribution in [0.3, 0.4) is 0 Å². The summed E-state index contributed by atoms with van der Waals surface area (Å²) in [5.74, 6) is 0.388. The maximum atomic E-state index is 13.5. The Morgan fingerprint density at radius 3 is 2.94 bits per heavy atom. The van der Waals surface area contributed by atoms with E-state index < -0.39 is 0 Å². The summed E-state index contributed by atoms with van der Waals surface area (Å²) in [5.41, 5.74) is 0. The molecular formula is C12H15BrClFN2. The van der Waals surface area contributed by atoms with E-state index in [1.807, 2.05) is 0 Å². The van der Waals surface area contributed by atoms with Crippen molar-refractivity contribution in [3.63, 3.8) is 0 Å². The fraction of sp³-hybridized carbons (Fsp3) is 0.583. The van der Waals surface area contributed by atoms with Gasteiger partial charge >= 0.3 is 0 Å². The SMILES string of the molecule is Fc1cc(Br)cnc1NCC1CCCCC1Cl. The maximum Gasteiger partial charge on any atom is 0.166 e. The van der Waals surface area contributed by atoms with E-state index in [1.165, 1.54) is 18.9 Å². The Morgan fingerprint density at radius 2 is 2.24 bits per heavy atom. The first-order valence-corrected chi connectivity index (χ1v) is 7.09. The monoisotopic (exact) mass is 320 g/mol. The van der Waals surface area contributed by atoms with Gasteiger partial charge in [0.05, 0.1) is 0 Å². The zero-order valence-corrected chi connectivity index (χ0v) is 11.8. The fourth-order valence-electron chi connectivity index (χ4n) is 2.16. The Balaban J connectivity index is 1.92. The zero-order valence-electron chi connectivity index (χ0n) is 9.43. The first kappa shape index (κ1) is 13.1. The quantitative estimate of drug-likeness (QED) is 0.844. The molecule has 0 bridgehead atoms. The highest BCUT2D eigenvalue weighted by Crippen LogP contribution is 2.29. The van der Waals surface area contributed by atoms with E-state index in [2.05, 4.69) is 26.2 Å². The lowest BCUT2D eigenvalue weighted by Gasteiger charge is -2.27. The number of hydrogen-bond donors (Lipinski definition) is 1. The molecule has 0 spiro atoms. The van der Waals surface area contributed by atoms with Crippen LogP contribution >= 0.6 is 27.5 Å². The average molecular weight is 322 g/mol. The predicted octanol–water partition coefficient (Wildman–Crippen LogP) is 4.19. The Bertz CT molecular complexity index is 389. The molecule has 0 saturated heterocycles. The van der Waals surface area contributed by atoms with E-state index in [1.54, 1.807) is 6.20 Å². The fourth-order valence-corrected chi connectivity index (χ4v) is 2.84. The second kappa shape index (κ2) is 6.01. The first-order chi connectivity index (χ1) is 8.16. The second-order valence-corrected chi connectivity index (χ2v) is 5.90. The molecule has 0 aromatic carbocycles. The normalized spacial score (nSPS) is 24.6. The molecular weight excluding hydrogens is 307 g/mol. The van der Waals surface area contributed by atoms with Gasteiger partial charge in [-0.05, 0) is 40.8 Å². The molecule has 1 aromatic rings. The van der Waals surface area contributed by atoms with Crippen molar-refractivity contribution < 1.29 is 4.39 Å². The molecule has 0 amide bonds. The molecule has 1 fully saturated rings. The maximum absolute atomic E-state index is 13.5. The van der Waals surface area contributed by atoms with Crippen molar-refractivity contribution in [2.45, 2.75) is 31.1 Å². The minimum absolute atomic E-state index is 0.203. The van der Waals surface area contributed by atoms with Crippen molar-refractivity contribution in [1.29, 1.82) is 0 Å². The van der Waals surface area contributed by atoms with Crippen LogP contribution in [0.15, 0.2) is 16.7 Å². The van der Waals surface area contributed by atoms with Gasteiger partial charge in [-0.3, -0.25) is 0 Å². The van der Waals surface area contributed by atoms with Crippen molar-refractivity contribution in [3.8, 4) is 0 Å². The van der Waals surface area contributed by atoms with Gasteiger partial charge in [0.2, 0.25) is 0 Å². The largest absolute Gasteiger partial charge is 0.367 e. The third-order valence-electron chi connectivity index (χ3n) is 3.16. The summed E-state index contributed by atoms with van der Waals surface area (Å²) in [6.45, 7) is 0.694. The number of rotatable bonds is 3. The van der Waals surface area contributed by atoms with Crippen molar-refractivity contribution in [2.75, 3.05) is 11.9 Å². The molecule has 2 unspecified atom stereocenters. The van der Waals surface area contributed by atoms with Gasteiger partial charge in [0.1, 0.15) is 0 Å². The summed E-state index contributed by atoms with van der Waals surface area (Å²) < 4.78 is 14.2. The standard InChI is InChI=1S/C12H15BrClFN2/c13-9-5-11(15)12(17-7-9)16-6-8-3-1-2-4-10(8)14/h5,7-8,10H,1-4,6H2,(H,16,17). The van der Waals surface area contributed by atoms with Crippen molar-refractivity contribution in [1.82, 2.24) is 4.98 Å². The Hall–Kier alpha value is -0.350. The molecule has 2 atom stereocenters.